The molecule has 0 spiro atoms. The van der Waals surface area contributed by atoms with Crippen LogP contribution in [0, 0.1) is 0 Å². The van der Waals surface area contributed by atoms with Crippen LogP contribution in [-0.4, -0.2) is 43.2 Å². The highest BCUT2D eigenvalue weighted by Gasteiger charge is 2.11. The summed E-state index contributed by atoms with van der Waals surface area (Å²) in [7, 11) is 3.34. The van der Waals surface area contributed by atoms with Crippen LogP contribution in [0.2, 0.25) is 0 Å². The van der Waals surface area contributed by atoms with Gasteiger partial charge < -0.3 is 15.2 Å². The van der Waals surface area contributed by atoms with Gasteiger partial charge in [-0.2, -0.15) is 0 Å². The Hall–Kier alpha value is -1.75. The Labute approximate surface area is 107 Å². The lowest BCUT2D eigenvalue weighted by Gasteiger charge is -2.17. The Kier molecular flexibility index (Phi) is 5.45. The van der Waals surface area contributed by atoms with Crippen LogP contribution >= 0.6 is 0 Å². The summed E-state index contributed by atoms with van der Waals surface area (Å²) in [6.45, 7) is 3.29. The maximum Gasteiger partial charge on any atom is 0.234 e. The number of carbonyl (C=O) groups is 1. The summed E-state index contributed by atoms with van der Waals surface area (Å²) in [6, 6.07) is 5.32. The van der Waals surface area contributed by atoms with Crippen LogP contribution in [0.25, 0.3) is 0 Å². The van der Waals surface area contributed by atoms with Crippen LogP contribution < -0.4 is 10.1 Å². The number of phenols is 1. The number of carbonyl (C=O) groups excluding carboxylic acids is 1. The zero-order chi connectivity index (χ0) is 13.5. The first-order valence-corrected chi connectivity index (χ1v) is 5.88. The number of amides is 1. The van der Waals surface area contributed by atoms with E-state index in [1.807, 2.05) is 31.0 Å². The lowest BCUT2D eigenvalue weighted by Crippen LogP contribution is -2.34. The molecule has 0 radical (unpaired) electrons. The minimum Gasteiger partial charge on any atom is -0.504 e. The standard InChI is InChI=1S/C13H20N2O3/c1-4-14-12(16)9-15(2)8-10-6-5-7-11(18-3)13(10)17/h5-7,17H,4,8-9H2,1-3H3,(H,14,16). The van der Waals surface area contributed by atoms with Crippen molar-refractivity contribution in [3.63, 3.8) is 0 Å². The van der Waals surface area contributed by atoms with Crippen LogP contribution in [-0.2, 0) is 11.3 Å². The molecule has 0 fully saturated rings. The number of methoxy groups -OCH3 is 1. The monoisotopic (exact) mass is 252 g/mol. The van der Waals surface area contributed by atoms with Gasteiger partial charge in [0.1, 0.15) is 0 Å². The Morgan fingerprint density at radius 1 is 1.50 bits per heavy atom. The predicted molar refractivity (Wildman–Crippen MR) is 69.7 cm³/mol. The second-order valence-electron chi connectivity index (χ2n) is 4.09. The van der Waals surface area contributed by atoms with E-state index in [0.717, 1.165) is 5.56 Å². The number of likely N-dealkylation sites (N-methyl/N-ethyl adjacent to an activating group) is 2. The quantitative estimate of drug-likeness (QED) is 0.792. The molecule has 0 heterocycles. The SMILES string of the molecule is CCNC(=O)CN(C)Cc1cccc(OC)c1O. The van der Waals surface area contributed by atoms with Gasteiger partial charge in [-0.05, 0) is 20.0 Å². The van der Waals surface area contributed by atoms with Crippen molar-refractivity contribution < 1.29 is 14.6 Å². The molecule has 0 saturated carbocycles. The van der Waals surface area contributed by atoms with Crippen LogP contribution in [0.1, 0.15) is 12.5 Å². The fourth-order valence-corrected chi connectivity index (χ4v) is 1.71. The smallest absolute Gasteiger partial charge is 0.234 e. The van der Waals surface area contributed by atoms with Gasteiger partial charge in [0.25, 0.3) is 0 Å². The lowest BCUT2D eigenvalue weighted by atomic mass is 10.1. The van der Waals surface area contributed by atoms with E-state index in [2.05, 4.69) is 5.32 Å². The predicted octanol–water partition coefficient (Wildman–Crippen LogP) is 0.969. The Morgan fingerprint density at radius 2 is 2.22 bits per heavy atom. The fourth-order valence-electron chi connectivity index (χ4n) is 1.71. The largest absolute Gasteiger partial charge is 0.504 e. The first-order valence-electron chi connectivity index (χ1n) is 5.88. The maximum atomic E-state index is 11.4. The number of para-hydroxylation sites is 1. The highest BCUT2D eigenvalue weighted by molar-refractivity contribution is 5.77. The molecule has 1 aromatic carbocycles. The summed E-state index contributed by atoms with van der Waals surface area (Å²) >= 11 is 0. The van der Waals surface area contributed by atoms with E-state index in [-0.39, 0.29) is 11.7 Å². The van der Waals surface area contributed by atoms with Gasteiger partial charge in [-0.3, -0.25) is 9.69 Å². The Balaban J connectivity index is 2.64. The minimum absolute atomic E-state index is 0.0256. The molecule has 2 N–H and O–H groups in total. The summed E-state index contributed by atoms with van der Waals surface area (Å²) in [5, 5.41) is 12.7. The Morgan fingerprint density at radius 3 is 2.83 bits per heavy atom. The number of hydrogen-bond acceptors (Lipinski definition) is 4. The van der Waals surface area contributed by atoms with Gasteiger partial charge in [0, 0.05) is 18.7 Å². The molecule has 0 unspecified atom stereocenters. The van der Waals surface area contributed by atoms with E-state index < -0.39 is 0 Å². The molecule has 0 saturated heterocycles. The molecule has 1 rings (SSSR count). The van der Waals surface area contributed by atoms with Gasteiger partial charge in [0.2, 0.25) is 5.91 Å². The first-order chi connectivity index (χ1) is 8.58. The lowest BCUT2D eigenvalue weighted by molar-refractivity contribution is -0.121. The number of nitrogens with one attached hydrogen (secondary N) is 1. The average Bonchev–Trinajstić information content (AvgIpc) is 2.32. The third kappa shape index (κ3) is 3.92. The van der Waals surface area contributed by atoms with Crippen molar-refractivity contribution in [2.45, 2.75) is 13.5 Å². The van der Waals surface area contributed by atoms with E-state index in [4.69, 9.17) is 4.74 Å². The van der Waals surface area contributed by atoms with Crippen molar-refractivity contribution in [1.29, 1.82) is 0 Å². The molecule has 18 heavy (non-hydrogen) atoms. The number of hydrogen-bond donors (Lipinski definition) is 2. The van der Waals surface area contributed by atoms with Crippen molar-refractivity contribution in [3.05, 3.63) is 23.8 Å². The van der Waals surface area contributed by atoms with E-state index >= 15 is 0 Å². The molecule has 0 bridgehead atoms. The molecule has 1 amide bonds. The van der Waals surface area contributed by atoms with Gasteiger partial charge in [-0.25, -0.2) is 0 Å². The fraction of sp³-hybridized carbons (Fsp3) is 0.462. The average molecular weight is 252 g/mol. The van der Waals surface area contributed by atoms with Crippen molar-refractivity contribution in [2.24, 2.45) is 0 Å². The summed E-state index contributed by atoms with van der Waals surface area (Å²) < 4.78 is 5.04. The number of aromatic hydroxyl groups is 1. The molecule has 0 aliphatic carbocycles. The summed E-state index contributed by atoms with van der Waals surface area (Å²) in [5.74, 6) is 0.545. The van der Waals surface area contributed by atoms with E-state index in [9.17, 15) is 9.90 Å². The van der Waals surface area contributed by atoms with Crippen molar-refractivity contribution in [1.82, 2.24) is 10.2 Å². The zero-order valence-electron chi connectivity index (χ0n) is 11.1. The van der Waals surface area contributed by atoms with Crippen LogP contribution in [0.15, 0.2) is 18.2 Å². The molecular weight excluding hydrogens is 232 g/mol. The molecule has 0 aliphatic heterocycles. The van der Waals surface area contributed by atoms with Crippen molar-refractivity contribution in [2.75, 3.05) is 27.2 Å². The summed E-state index contributed by atoms with van der Waals surface area (Å²) in [5.41, 5.74) is 0.737. The molecule has 5 nitrogen and oxygen atoms in total. The van der Waals surface area contributed by atoms with Crippen LogP contribution in [0.3, 0.4) is 0 Å². The van der Waals surface area contributed by atoms with Crippen molar-refractivity contribution >= 4 is 5.91 Å². The number of nitrogens with zero attached hydrogens (tertiary/aromatic N) is 1. The van der Waals surface area contributed by atoms with E-state index in [1.54, 1.807) is 6.07 Å². The zero-order valence-corrected chi connectivity index (χ0v) is 11.1. The highest BCUT2D eigenvalue weighted by Crippen LogP contribution is 2.29. The summed E-state index contributed by atoms with van der Waals surface area (Å²) in [4.78, 5) is 13.2. The van der Waals surface area contributed by atoms with Crippen molar-refractivity contribution in [3.8, 4) is 11.5 Å². The van der Waals surface area contributed by atoms with Crippen LogP contribution in [0.4, 0.5) is 0 Å². The number of phenolic OH excluding ortho intramolecular Hbond substituents is 1. The summed E-state index contributed by atoms with van der Waals surface area (Å²) in [6.07, 6.45) is 0. The van der Waals surface area contributed by atoms with Gasteiger partial charge in [-0.1, -0.05) is 12.1 Å². The van der Waals surface area contributed by atoms with E-state index in [1.165, 1.54) is 7.11 Å². The third-order valence-corrected chi connectivity index (χ3v) is 2.53. The maximum absolute atomic E-state index is 11.4. The second-order valence-corrected chi connectivity index (χ2v) is 4.09. The first kappa shape index (κ1) is 14.3. The number of ether oxygens (including phenoxy) is 1. The second kappa shape index (κ2) is 6.86. The van der Waals surface area contributed by atoms with Crippen LogP contribution in [0.5, 0.6) is 11.5 Å². The topological polar surface area (TPSA) is 61.8 Å². The van der Waals surface area contributed by atoms with Gasteiger partial charge >= 0.3 is 0 Å². The molecule has 5 heteroatoms. The van der Waals surface area contributed by atoms with Gasteiger partial charge in [-0.15, -0.1) is 0 Å². The number of benzene rings is 1. The Bertz CT molecular complexity index is 407. The molecule has 1 aromatic rings. The normalized spacial score (nSPS) is 10.4. The molecule has 0 atom stereocenters. The van der Waals surface area contributed by atoms with E-state index in [0.29, 0.717) is 25.4 Å². The molecule has 100 valence electrons. The van der Waals surface area contributed by atoms with Gasteiger partial charge in [0.15, 0.2) is 11.5 Å². The van der Waals surface area contributed by atoms with Gasteiger partial charge in [0.05, 0.1) is 13.7 Å². The number of rotatable bonds is 6. The third-order valence-electron chi connectivity index (χ3n) is 2.53. The molecule has 0 aliphatic rings. The highest BCUT2D eigenvalue weighted by atomic mass is 16.5. The molecular formula is C13H20N2O3. The molecule has 0 aromatic heterocycles. The minimum atomic E-state index is -0.0256.